The fraction of sp³-hybridized carbons (Fsp3) is 0.235. The molecule has 0 aliphatic carbocycles. The summed E-state index contributed by atoms with van der Waals surface area (Å²) in [6, 6.07) is 9.07. The number of hydrogen-bond donors (Lipinski definition) is 1. The van der Waals surface area contributed by atoms with Gasteiger partial charge in [0, 0.05) is 14.1 Å². The van der Waals surface area contributed by atoms with Crippen molar-refractivity contribution in [2.24, 2.45) is 0 Å². The van der Waals surface area contributed by atoms with Crippen LogP contribution in [0.3, 0.4) is 0 Å². The molecule has 3 aromatic rings. The first-order chi connectivity index (χ1) is 12.5. The number of nitrogens with one attached hydrogen (secondary N) is 1. The fourth-order valence-electron chi connectivity index (χ4n) is 2.47. The third-order valence-electron chi connectivity index (χ3n) is 4.01. The van der Waals surface area contributed by atoms with Gasteiger partial charge in [0.15, 0.2) is 0 Å². The van der Waals surface area contributed by atoms with Crippen LogP contribution in [-0.4, -0.2) is 40.2 Å². The molecule has 0 radical (unpaired) electrons. The smallest absolute Gasteiger partial charge is 0.261 e. The molecule has 0 amide bonds. The van der Waals surface area contributed by atoms with E-state index in [2.05, 4.69) is 9.71 Å². The second kappa shape index (κ2) is 6.86. The van der Waals surface area contributed by atoms with Crippen LogP contribution in [0.5, 0.6) is 0 Å². The molecule has 0 spiro atoms. The Balaban J connectivity index is 2.02. The fourth-order valence-corrected chi connectivity index (χ4v) is 5.49. The highest BCUT2D eigenvalue weighted by atomic mass is 32.2. The molecule has 0 bridgehead atoms. The number of rotatable bonds is 5. The number of hydrogen-bond acceptors (Lipinski definition) is 6. The molecule has 1 aromatic heterocycles. The standard InChI is InChI=1S/C17H19N3O4S3/c1-11-5-6-14(27(23,24)20(3)4)9-16(11)19-26(21,22)13-7-8-15-17(10-13)25-12(2)18-15/h5-10,19H,1-4H3. The van der Waals surface area contributed by atoms with Crippen molar-refractivity contribution in [1.82, 2.24) is 9.29 Å². The van der Waals surface area contributed by atoms with Crippen LogP contribution in [0.4, 0.5) is 5.69 Å². The molecule has 10 heteroatoms. The Morgan fingerprint density at radius 3 is 2.30 bits per heavy atom. The number of nitrogens with zero attached hydrogens (tertiary/aromatic N) is 2. The highest BCUT2D eigenvalue weighted by Gasteiger charge is 2.21. The molecular formula is C17H19N3O4S3. The number of benzene rings is 2. The summed E-state index contributed by atoms with van der Waals surface area (Å²) in [5.41, 5.74) is 1.58. The van der Waals surface area contributed by atoms with Crippen LogP contribution in [0.25, 0.3) is 10.2 Å². The summed E-state index contributed by atoms with van der Waals surface area (Å²) in [4.78, 5) is 4.44. The van der Waals surface area contributed by atoms with Crippen molar-refractivity contribution in [2.45, 2.75) is 23.6 Å². The van der Waals surface area contributed by atoms with Gasteiger partial charge in [0.1, 0.15) is 0 Å². The van der Waals surface area contributed by atoms with Crippen LogP contribution < -0.4 is 4.72 Å². The molecular weight excluding hydrogens is 406 g/mol. The Labute approximate surface area is 162 Å². The zero-order chi connectivity index (χ0) is 20.0. The lowest BCUT2D eigenvalue weighted by Crippen LogP contribution is -2.22. The SMILES string of the molecule is Cc1nc2ccc(S(=O)(=O)Nc3cc(S(=O)(=O)N(C)C)ccc3C)cc2s1. The Bertz CT molecular complexity index is 1230. The van der Waals surface area contributed by atoms with E-state index in [1.165, 1.54) is 43.6 Å². The van der Waals surface area contributed by atoms with E-state index in [0.717, 1.165) is 19.5 Å². The van der Waals surface area contributed by atoms with Gasteiger partial charge >= 0.3 is 0 Å². The molecule has 0 saturated heterocycles. The summed E-state index contributed by atoms with van der Waals surface area (Å²) in [7, 11) is -4.71. The highest BCUT2D eigenvalue weighted by molar-refractivity contribution is 7.92. The molecule has 0 atom stereocenters. The zero-order valence-corrected chi connectivity index (χ0v) is 17.7. The number of aryl methyl sites for hydroxylation is 2. The number of aromatic nitrogens is 1. The monoisotopic (exact) mass is 425 g/mol. The molecule has 0 saturated carbocycles. The maximum absolute atomic E-state index is 12.8. The summed E-state index contributed by atoms with van der Waals surface area (Å²) in [5.74, 6) is 0. The quantitative estimate of drug-likeness (QED) is 0.678. The maximum atomic E-state index is 12.8. The van der Waals surface area contributed by atoms with Gasteiger partial charge in [-0.15, -0.1) is 11.3 Å². The van der Waals surface area contributed by atoms with Gasteiger partial charge < -0.3 is 0 Å². The van der Waals surface area contributed by atoms with Crippen molar-refractivity contribution < 1.29 is 16.8 Å². The minimum Gasteiger partial charge on any atom is -0.279 e. The minimum absolute atomic E-state index is 0.0179. The average Bonchev–Trinajstić information content (AvgIpc) is 2.95. The molecule has 1 N–H and O–H groups in total. The van der Waals surface area contributed by atoms with Crippen molar-refractivity contribution >= 4 is 47.3 Å². The van der Waals surface area contributed by atoms with Gasteiger partial charge in [0.05, 0.1) is 30.7 Å². The lowest BCUT2D eigenvalue weighted by molar-refractivity contribution is 0.520. The largest absolute Gasteiger partial charge is 0.279 e. The van der Waals surface area contributed by atoms with Gasteiger partial charge in [-0.25, -0.2) is 26.1 Å². The first-order valence-electron chi connectivity index (χ1n) is 7.94. The van der Waals surface area contributed by atoms with Crippen molar-refractivity contribution in [3.8, 4) is 0 Å². The van der Waals surface area contributed by atoms with E-state index in [1.807, 2.05) is 6.92 Å². The average molecular weight is 426 g/mol. The third kappa shape index (κ3) is 3.84. The van der Waals surface area contributed by atoms with Gasteiger partial charge in [0.25, 0.3) is 10.0 Å². The van der Waals surface area contributed by atoms with Crippen molar-refractivity contribution in [2.75, 3.05) is 18.8 Å². The Morgan fingerprint density at radius 1 is 0.963 bits per heavy atom. The van der Waals surface area contributed by atoms with E-state index in [0.29, 0.717) is 5.56 Å². The molecule has 2 aromatic carbocycles. The summed E-state index contributed by atoms with van der Waals surface area (Å²) in [6.07, 6.45) is 0. The highest BCUT2D eigenvalue weighted by Crippen LogP contribution is 2.28. The van der Waals surface area contributed by atoms with E-state index in [9.17, 15) is 16.8 Å². The van der Waals surface area contributed by atoms with Crippen molar-refractivity contribution in [1.29, 1.82) is 0 Å². The molecule has 0 fully saturated rings. The molecule has 27 heavy (non-hydrogen) atoms. The number of sulfonamides is 2. The predicted molar refractivity (Wildman–Crippen MR) is 107 cm³/mol. The second-order valence-electron chi connectivity index (χ2n) is 6.23. The Kier molecular flexibility index (Phi) is 5.02. The van der Waals surface area contributed by atoms with E-state index in [4.69, 9.17) is 0 Å². The number of fused-ring (bicyclic) bond motifs is 1. The third-order valence-corrected chi connectivity index (χ3v) is 8.12. The topological polar surface area (TPSA) is 96.4 Å². The summed E-state index contributed by atoms with van der Waals surface area (Å²) in [5, 5.41) is 0.852. The maximum Gasteiger partial charge on any atom is 0.261 e. The molecule has 0 unspecified atom stereocenters. The van der Waals surface area contributed by atoms with E-state index in [-0.39, 0.29) is 15.5 Å². The van der Waals surface area contributed by atoms with Gasteiger partial charge in [0.2, 0.25) is 10.0 Å². The van der Waals surface area contributed by atoms with Crippen LogP contribution in [-0.2, 0) is 20.0 Å². The van der Waals surface area contributed by atoms with Crippen molar-refractivity contribution in [3.05, 3.63) is 47.0 Å². The summed E-state index contributed by atoms with van der Waals surface area (Å²) in [6.45, 7) is 3.57. The van der Waals surface area contributed by atoms with Crippen LogP contribution in [0.1, 0.15) is 10.6 Å². The van der Waals surface area contributed by atoms with Gasteiger partial charge in [-0.2, -0.15) is 0 Å². The van der Waals surface area contributed by atoms with E-state index < -0.39 is 20.0 Å². The molecule has 3 rings (SSSR count). The van der Waals surface area contributed by atoms with Crippen molar-refractivity contribution in [3.63, 3.8) is 0 Å². The Morgan fingerprint density at radius 2 is 1.63 bits per heavy atom. The van der Waals surface area contributed by atoms with E-state index in [1.54, 1.807) is 25.1 Å². The van der Waals surface area contributed by atoms with Crippen LogP contribution >= 0.6 is 11.3 Å². The number of thiazole rings is 1. The molecule has 7 nitrogen and oxygen atoms in total. The summed E-state index contributed by atoms with van der Waals surface area (Å²) < 4.78 is 54.6. The van der Waals surface area contributed by atoms with Gasteiger partial charge in [-0.05, 0) is 49.7 Å². The van der Waals surface area contributed by atoms with Crippen LogP contribution in [0.15, 0.2) is 46.2 Å². The lowest BCUT2D eigenvalue weighted by atomic mass is 10.2. The Hall–Kier alpha value is -2.01. The molecule has 1 heterocycles. The zero-order valence-electron chi connectivity index (χ0n) is 15.2. The van der Waals surface area contributed by atoms with E-state index >= 15 is 0 Å². The molecule has 0 aliphatic rings. The lowest BCUT2D eigenvalue weighted by Gasteiger charge is -2.15. The van der Waals surface area contributed by atoms with Crippen LogP contribution in [0, 0.1) is 13.8 Å². The second-order valence-corrected chi connectivity index (χ2v) is 11.3. The van der Waals surface area contributed by atoms with Crippen LogP contribution in [0.2, 0.25) is 0 Å². The normalized spacial score (nSPS) is 12.6. The van der Waals surface area contributed by atoms with Gasteiger partial charge in [-0.1, -0.05) is 6.07 Å². The number of anilines is 1. The predicted octanol–water partition coefficient (Wildman–Crippen LogP) is 2.96. The minimum atomic E-state index is -3.88. The summed E-state index contributed by atoms with van der Waals surface area (Å²) >= 11 is 1.41. The van der Waals surface area contributed by atoms with Gasteiger partial charge in [-0.3, -0.25) is 4.72 Å². The first-order valence-corrected chi connectivity index (χ1v) is 11.7. The molecule has 144 valence electrons. The molecule has 0 aliphatic heterocycles. The first kappa shape index (κ1) is 19.7.